The third-order valence-corrected chi connectivity index (χ3v) is 4.75. The minimum absolute atomic E-state index is 0.0773. The maximum atomic E-state index is 12.9. The Morgan fingerprint density at radius 1 is 1.35 bits per heavy atom. The van der Waals surface area contributed by atoms with Crippen LogP contribution >= 0.6 is 0 Å². The number of ketones is 1. The van der Waals surface area contributed by atoms with Crippen LogP contribution in [0.3, 0.4) is 0 Å². The van der Waals surface area contributed by atoms with Crippen LogP contribution in [0.4, 0.5) is 0 Å². The van der Waals surface area contributed by atoms with Gasteiger partial charge in [-0.1, -0.05) is 24.3 Å². The molecule has 1 fully saturated rings. The molecule has 4 nitrogen and oxygen atoms in total. The van der Waals surface area contributed by atoms with Gasteiger partial charge in [0, 0.05) is 11.5 Å². The number of carbonyl (C=O) groups is 1. The quantitative estimate of drug-likeness (QED) is 0.672. The molecule has 0 aliphatic carbocycles. The zero-order chi connectivity index (χ0) is 16.4. The molecule has 1 unspecified atom stereocenters. The van der Waals surface area contributed by atoms with Gasteiger partial charge < -0.3 is 14.9 Å². The van der Waals surface area contributed by atoms with Crippen LogP contribution in [0, 0.1) is 5.92 Å². The van der Waals surface area contributed by atoms with E-state index in [-0.39, 0.29) is 18.3 Å². The monoisotopic (exact) mass is 311 g/mol. The number of carbonyl (C=O) groups excluding carboxylic acids is 1. The third-order valence-electron chi connectivity index (χ3n) is 4.75. The summed E-state index contributed by atoms with van der Waals surface area (Å²) in [5.74, 6) is 0.0156. The molecule has 0 bridgehead atoms. The van der Waals surface area contributed by atoms with E-state index in [4.69, 9.17) is 0 Å². The molecule has 2 N–H and O–H groups in total. The molecular formula is C18H22BNO3. The van der Waals surface area contributed by atoms with Crippen LogP contribution in [0.2, 0.25) is 6.82 Å². The lowest BCUT2D eigenvalue weighted by Gasteiger charge is -2.32. The molecule has 120 valence electrons. The first kappa shape index (κ1) is 16.2. The van der Waals surface area contributed by atoms with Crippen LogP contribution in [0.1, 0.15) is 28.8 Å². The van der Waals surface area contributed by atoms with E-state index < -0.39 is 7.05 Å². The van der Waals surface area contributed by atoms with E-state index in [1.54, 1.807) is 6.82 Å². The Hall–Kier alpha value is -1.69. The molecule has 3 rings (SSSR count). The third kappa shape index (κ3) is 3.32. The second-order valence-electron chi connectivity index (χ2n) is 6.34. The molecule has 2 aromatic rings. The van der Waals surface area contributed by atoms with Gasteiger partial charge in [0.15, 0.2) is 5.78 Å². The van der Waals surface area contributed by atoms with E-state index in [0.717, 1.165) is 35.7 Å². The lowest BCUT2D eigenvalue weighted by molar-refractivity contribution is 0.0864. The predicted octanol–water partition coefficient (Wildman–Crippen LogP) is 2.34. The fraction of sp³-hybridized carbons (Fsp3) is 0.389. The standard InChI is InChI=1S/C18H22BNO3/c1-19(23)20-8-4-6-14(11-20)18(22)15-9-13-5-2-3-7-17(13)16(10-15)12-21/h2-3,5,7,9-10,14,21,23H,4,6,8,11-12H2,1H3. The minimum Gasteiger partial charge on any atom is -0.437 e. The van der Waals surface area contributed by atoms with Crippen molar-refractivity contribution < 1.29 is 14.9 Å². The normalized spacial score (nSPS) is 19.0. The highest BCUT2D eigenvalue weighted by molar-refractivity contribution is 6.45. The molecule has 1 heterocycles. The van der Waals surface area contributed by atoms with Crippen LogP contribution < -0.4 is 0 Å². The summed E-state index contributed by atoms with van der Waals surface area (Å²) >= 11 is 0. The van der Waals surface area contributed by atoms with Gasteiger partial charge >= 0.3 is 7.05 Å². The van der Waals surface area contributed by atoms with Crippen LogP contribution in [0.5, 0.6) is 0 Å². The van der Waals surface area contributed by atoms with Gasteiger partial charge in [-0.3, -0.25) is 4.79 Å². The topological polar surface area (TPSA) is 60.8 Å². The van der Waals surface area contributed by atoms with Gasteiger partial charge in [-0.2, -0.15) is 0 Å². The van der Waals surface area contributed by atoms with E-state index in [2.05, 4.69) is 0 Å². The molecule has 0 amide bonds. The summed E-state index contributed by atoms with van der Waals surface area (Å²) in [6, 6.07) is 11.5. The van der Waals surface area contributed by atoms with Crippen molar-refractivity contribution in [2.45, 2.75) is 26.3 Å². The number of benzene rings is 2. The second-order valence-corrected chi connectivity index (χ2v) is 6.34. The van der Waals surface area contributed by atoms with Gasteiger partial charge in [0.05, 0.1) is 6.61 Å². The number of aliphatic hydroxyl groups is 1. The molecule has 1 saturated heterocycles. The van der Waals surface area contributed by atoms with Gasteiger partial charge in [-0.15, -0.1) is 0 Å². The Balaban J connectivity index is 1.91. The van der Waals surface area contributed by atoms with Crippen molar-refractivity contribution in [2.75, 3.05) is 13.1 Å². The van der Waals surface area contributed by atoms with Crippen LogP contribution in [0.25, 0.3) is 10.8 Å². The summed E-state index contributed by atoms with van der Waals surface area (Å²) in [5, 5.41) is 21.3. The SMILES string of the molecule is CB(O)N1CCCC(C(=O)c2cc(CO)c3ccccc3c2)C1. The molecular weight excluding hydrogens is 289 g/mol. The predicted molar refractivity (Wildman–Crippen MR) is 92.3 cm³/mol. The van der Waals surface area contributed by atoms with E-state index in [0.29, 0.717) is 12.1 Å². The van der Waals surface area contributed by atoms with E-state index >= 15 is 0 Å². The molecule has 1 aliphatic heterocycles. The number of nitrogens with zero attached hydrogens (tertiary/aromatic N) is 1. The molecule has 0 saturated carbocycles. The van der Waals surface area contributed by atoms with Gasteiger partial charge in [0.2, 0.25) is 0 Å². The maximum absolute atomic E-state index is 12.9. The first-order chi connectivity index (χ1) is 11.1. The number of hydrogen-bond donors (Lipinski definition) is 2. The summed E-state index contributed by atoms with van der Waals surface area (Å²) in [6.07, 6.45) is 1.77. The molecule has 2 aromatic carbocycles. The largest absolute Gasteiger partial charge is 0.437 e. The summed E-state index contributed by atoms with van der Waals surface area (Å²) in [5.41, 5.74) is 1.44. The van der Waals surface area contributed by atoms with Crippen molar-refractivity contribution >= 4 is 23.6 Å². The van der Waals surface area contributed by atoms with Crippen molar-refractivity contribution in [3.05, 3.63) is 47.5 Å². The van der Waals surface area contributed by atoms with E-state index in [1.165, 1.54) is 0 Å². The lowest BCUT2D eigenvalue weighted by atomic mass is 9.79. The van der Waals surface area contributed by atoms with Crippen molar-refractivity contribution in [3.63, 3.8) is 0 Å². The van der Waals surface area contributed by atoms with Crippen molar-refractivity contribution in [1.82, 2.24) is 4.81 Å². The smallest absolute Gasteiger partial charge is 0.376 e. The highest BCUT2D eigenvalue weighted by Gasteiger charge is 2.29. The molecule has 23 heavy (non-hydrogen) atoms. The van der Waals surface area contributed by atoms with E-state index in [9.17, 15) is 14.9 Å². The Labute approximate surface area is 136 Å². The summed E-state index contributed by atoms with van der Waals surface area (Å²) < 4.78 is 0. The summed E-state index contributed by atoms with van der Waals surface area (Å²) in [6.45, 7) is 3.09. The molecule has 1 atom stereocenters. The number of fused-ring (bicyclic) bond motifs is 1. The fourth-order valence-corrected chi connectivity index (χ4v) is 3.46. The first-order valence-corrected chi connectivity index (χ1v) is 8.19. The Bertz CT molecular complexity index is 716. The lowest BCUT2D eigenvalue weighted by Crippen LogP contribution is -2.46. The second kappa shape index (κ2) is 6.83. The van der Waals surface area contributed by atoms with Crippen LogP contribution in [-0.4, -0.2) is 40.9 Å². The zero-order valence-electron chi connectivity index (χ0n) is 13.4. The van der Waals surface area contributed by atoms with Gasteiger partial charge in [-0.25, -0.2) is 0 Å². The molecule has 5 heteroatoms. The summed E-state index contributed by atoms with van der Waals surface area (Å²) in [7, 11) is -0.518. The molecule has 1 aliphatic rings. The number of Topliss-reactive ketones (excluding diaryl/α,β-unsaturated/α-hetero) is 1. The van der Waals surface area contributed by atoms with Crippen LogP contribution in [-0.2, 0) is 6.61 Å². The zero-order valence-corrected chi connectivity index (χ0v) is 13.4. The van der Waals surface area contributed by atoms with Crippen molar-refractivity contribution in [2.24, 2.45) is 5.92 Å². The van der Waals surface area contributed by atoms with Crippen LogP contribution in [0.15, 0.2) is 36.4 Å². The number of rotatable bonds is 4. The Morgan fingerprint density at radius 3 is 2.87 bits per heavy atom. The van der Waals surface area contributed by atoms with Crippen molar-refractivity contribution in [1.29, 1.82) is 0 Å². The van der Waals surface area contributed by atoms with E-state index in [1.807, 2.05) is 41.2 Å². The van der Waals surface area contributed by atoms with Crippen molar-refractivity contribution in [3.8, 4) is 0 Å². The molecule has 0 aromatic heterocycles. The number of hydrogen-bond acceptors (Lipinski definition) is 4. The molecule has 0 spiro atoms. The first-order valence-electron chi connectivity index (χ1n) is 8.19. The number of piperidine rings is 1. The van der Waals surface area contributed by atoms with Gasteiger partial charge in [0.1, 0.15) is 0 Å². The summed E-state index contributed by atoms with van der Waals surface area (Å²) in [4.78, 5) is 14.8. The Kier molecular flexibility index (Phi) is 4.80. The number of aliphatic hydroxyl groups excluding tert-OH is 1. The molecule has 0 radical (unpaired) electrons. The fourth-order valence-electron chi connectivity index (χ4n) is 3.46. The average molecular weight is 311 g/mol. The minimum atomic E-state index is -0.518. The van der Waals surface area contributed by atoms with Gasteiger partial charge in [0.25, 0.3) is 0 Å². The highest BCUT2D eigenvalue weighted by atomic mass is 16.3. The van der Waals surface area contributed by atoms with Gasteiger partial charge in [-0.05, 0) is 61.2 Å². The highest BCUT2D eigenvalue weighted by Crippen LogP contribution is 2.26. The Morgan fingerprint density at radius 2 is 2.13 bits per heavy atom. The average Bonchev–Trinajstić information content (AvgIpc) is 2.60. The maximum Gasteiger partial charge on any atom is 0.376 e.